The van der Waals surface area contributed by atoms with Crippen molar-refractivity contribution in [3.8, 4) is 11.5 Å². The van der Waals surface area contributed by atoms with Crippen molar-refractivity contribution in [3.05, 3.63) is 102 Å². The zero-order chi connectivity index (χ0) is 33.0. The van der Waals surface area contributed by atoms with Gasteiger partial charge in [-0.3, -0.25) is 13.8 Å². The Balaban J connectivity index is 1.56. The molecule has 1 amide bonds. The number of carbonyl (C=O) groups is 1. The molecule has 15 heteroatoms. The van der Waals surface area contributed by atoms with Crippen molar-refractivity contribution < 1.29 is 44.3 Å². The van der Waals surface area contributed by atoms with Crippen LogP contribution in [-0.4, -0.2) is 43.5 Å². The summed E-state index contributed by atoms with van der Waals surface area (Å²) in [6.07, 6.45) is -4.66. The van der Waals surface area contributed by atoms with Crippen LogP contribution < -0.4 is 23.8 Å². The maximum absolute atomic E-state index is 13.7. The highest BCUT2D eigenvalue weighted by Crippen LogP contribution is 2.34. The maximum atomic E-state index is 13.7. The fourth-order valence-corrected chi connectivity index (χ4v) is 6.62. The molecule has 0 unspecified atom stereocenters. The van der Waals surface area contributed by atoms with Crippen molar-refractivity contribution in [2.24, 2.45) is 0 Å². The summed E-state index contributed by atoms with van der Waals surface area (Å²) in [5.41, 5.74) is -0.220. The smallest absolute Gasteiger partial charge is 0.416 e. The van der Waals surface area contributed by atoms with Gasteiger partial charge in [0, 0.05) is 17.4 Å². The summed E-state index contributed by atoms with van der Waals surface area (Å²) in [6.45, 7) is 1.14. The Bertz CT molecular complexity index is 1900. The Morgan fingerprint density at radius 1 is 0.778 bits per heavy atom. The van der Waals surface area contributed by atoms with E-state index in [-0.39, 0.29) is 32.6 Å². The third-order valence-corrected chi connectivity index (χ3v) is 9.63. The van der Waals surface area contributed by atoms with Crippen molar-refractivity contribution in [1.29, 1.82) is 0 Å². The molecule has 0 saturated carbocycles. The predicted molar refractivity (Wildman–Crippen MR) is 163 cm³/mol. The van der Waals surface area contributed by atoms with Gasteiger partial charge in [-0.2, -0.15) is 13.2 Å². The molecule has 4 aromatic rings. The number of nitrogens with zero attached hydrogens (tertiary/aromatic N) is 1. The minimum absolute atomic E-state index is 0.0569. The van der Waals surface area contributed by atoms with Gasteiger partial charge in [0.05, 0.1) is 35.3 Å². The van der Waals surface area contributed by atoms with Crippen molar-refractivity contribution >= 4 is 43.0 Å². The molecule has 0 bridgehead atoms. The third kappa shape index (κ3) is 7.85. The molecule has 0 aliphatic carbocycles. The first-order chi connectivity index (χ1) is 21.1. The van der Waals surface area contributed by atoms with E-state index < -0.39 is 44.2 Å². The number of amides is 1. The summed E-state index contributed by atoms with van der Waals surface area (Å²) in [4.78, 5) is 12.8. The van der Waals surface area contributed by atoms with Crippen LogP contribution in [0.15, 0.2) is 101 Å². The van der Waals surface area contributed by atoms with Gasteiger partial charge in [-0.15, -0.1) is 0 Å². The van der Waals surface area contributed by atoms with Gasteiger partial charge in [-0.1, -0.05) is 23.8 Å². The topological polar surface area (TPSA) is 131 Å². The Labute approximate surface area is 258 Å². The number of hydrogen-bond donors (Lipinski definition) is 2. The van der Waals surface area contributed by atoms with Crippen LogP contribution >= 0.6 is 0 Å². The Morgan fingerprint density at radius 3 is 2.00 bits per heavy atom. The minimum atomic E-state index is -4.66. The normalized spacial score (nSPS) is 11.9. The molecule has 0 aliphatic rings. The van der Waals surface area contributed by atoms with Crippen LogP contribution in [0.1, 0.15) is 11.1 Å². The van der Waals surface area contributed by atoms with Gasteiger partial charge >= 0.3 is 6.18 Å². The van der Waals surface area contributed by atoms with Crippen LogP contribution in [0.2, 0.25) is 0 Å². The van der Waals surface area contributed by atoms with Gasteiger partial charge in [0.1, 0.15) is 6.54 Å². The molecule has 0 fully saturated rings. The van der Waals surface area contributed by atoms with Gasteiger partial charge in [-0.25, -0.2) is 16.8 Å². The molecule has 0 aromatic heterocycles. The molecule has 2 N–H and O–H groups in total. The highest BCUT2D eigenvalue weighted by atomic mass is 32.2. The summed E-state index contributed by atoms with van der Waals surface area (Å²) in [6, 6.07) is 19.0. The predicted octanol–water partition coefficient (Wildman–Crippen LogP) is 5.67. The number of halogens is 3. The van der Waals surface area contributed by atoms with E-state index in [4.69, 9.17) is 9.47 Å². The van der Waals surface area contributed by atoms with Crippen LogP contribution in [0.5, 0.6) is 11.5 Å². The summed E-state index contributed by atoms with van der Waals surface area (Å²) >= 11 is 0. The number of alkyl halides is 3. The summed E-state index contributed by atoms with van der Waals surface area (Å²) in [5, 5.41) is 2.54. The Morgan fingerprint density at radius 2 is 1.40 bits per heavy atom. The molecule has 0 aliphatic heterocycles. The van der Waals surface area contributed by atoms with E-state index >= 15 is 0 Å². The Hall–Kier alpha value is -4.76. The first-order valence-corrected chi connectivity index (χ1v) is 16.0. The number of methoxy groups -OCH3 is 2. The zero-order valence-electron chi connectivity index (χ0n) is 24.1. The summed E-state index contributed by atoms with van der Waals surface area (Å²) in [7, 11) is -5.73. The highest BCUT2D eigenvalue weighted by molar-refractivity contribution is 7.93. The highest BCUT2D eigenvalue weighted by Gasteiger charge is 2.31. The second-order valence-corrected chi connectivity index (χ2v) is 13.2. The quantitative estimate of drug-likeness (QED) is 0.212. The van der Waals surface area contributed by atoms with E-state index in [1.807, 2.05) is 0 Å². The van der Waals surface area contributed by atoms with Crippen molar-refractivity contribution in [2.75, 3.05) is 35.1 Å². The molecule has 0 spiro atoms. The van der Waals surface area contributed by atoms with E-state index in [0.717, 1.165) is 34.1 Å². The van der Waals surface area contributed by atoms with E-state index in [2.05, 4.69) is 10.0 Å². The number of ether oxygens (including phenoxy) is 2. The molecule has 45 heavy (non-hydrogen) atoms. The Kier molecular flexibility index (Phi) is 9.63. The standard InChI is InChI=1S/C30H28F3N3O7S2/c1-20-7-12-26(13-8-20)45(40,41)36(24-11-16-27(42-2)28(18-24)43-3)19-29(37)34-22-9-14-25(15-10-22)44(38,39)35-23-6-4-5-21(17-23)30(31,32)33/h4-18,35H,19H2,1-3H3,(H,34,37). The molecule has 0 saturated heterocycles. The van der Waals surface area contributed by atoms with Crippen molar-refractivity contribution in [1.82, 2.24) is 0 Å². The molecule has 0 heterocycles. The number of rotatable bonds is 11. The molecule has 238 valence electrons. The lowest BCUT2D eigenvalue weighted by Crippen LogP contribution is -2.38. The number of aryl methyl sites for hydroxylation is 1. The molecule has 10 nitrogen and oxygen atoms in total. The molecule has 0 atom stereocenters. The number of sulfonamides is 2. The lowest BCUT2D eigenvalue weighted by molar-refractivity contribution is -0.137. The van der Waals surface area contributed by atoms with Crippen LogP contribution in [0, 0.1) is 6.92 Å². The van der Waals surface area contributed by atoms with Gasteiger partial charge in [0.25, 0.3) is 20.0 Å². The van der Waals surface area contributed by atoms with E-state index in [9.17, 15) is 34.8 Å². The lowest BCUT2D eigenvalue weighted by Gasteiger charge is -2.25. The largest absolute Gasteiger partial charge is 0.493 e. The molecular formula is C30H28F3N3O7S2. The average molecular weight is 664 g/mol. The number of carbonyl (C=O) groups excluding carboxylic acids is 1. The van der Waals surface area contributed by atoms with Gasteiger partial charge in [-0.05, 0) is 73.7 Å². The molecule has 4 aromatic carbocycles. The van der Waals surface area contributed by atoms with Crippen LogP contribution in [0.25, 0.3) is 0 Å². The first kappa shape index (κ1) is 33.1. The van der Waals surface area contributed by atoms with E-state index in [0.29, 0.717) is 11.8 Å². The van der Waals surface area contributed by atoms with Crippen LogP contribution in [-0.2, 0) is 31.0 Å². The monoisotopic (exact) mass is 663 g/mol. The first-order valence-electron chi connectivity index (χ1n) is 13.1. The molecular weight excluding hydrogens is 635 g/mol. The number of anilines is 3. The number of nitrogens with one attached hydrogen (secondary N) is 2. The number of benzene rings is 4. The average Bonchev–Trinajstić information content (AvgIpc) is 2.99. The second-order valence-electron chi connectivity index (χ2n) is 9.62. The van der Waals surface area contributed by atoms with Crippen LogP contribution in [0.3, 0.4) is 0 Å². The fourth-order valence-electron chi connectivity index (χ4n) is 4.15. The zero-order valence-corrected chi connectivity index (χ0v) is 25.8. The fraction of sp³-hybridized carbons (Fsp3) is 0.167. The van der Waals surface area contributed by atoms with Crippen molar-refractivity contribution in [2.45, 2.75) is 22.9 Å². The third-order valence-electron chi connectivity index (χ3n) is 6.44. The van der Waals surface area contributed by atoms with Gasteiger partial charge in [0.2, 0.25) is 5.91 Å². The SMILES string of the molecule is COc1ccc(N(CC(=O)Nc2ccc(S(=O)(=O)Nc3cccc(C(F)(F)F)c3)cc2)S(=O)(=O)c2ccc(C)cc2)cc1OC. The van der Waals surface area contributed by atoms with E-state index in [1.165, 1.54) is 62.8 Å². The number of hydrogen-bond acceptors (Lipinski definition) is 7. The second kappa shape index (κ2) is 13.1. The minimum Gasteiger partial charge on any atom is -0.493 e. The van der Waals surface area contributed by atoms with Gasteiger partial charge < -0.3 is 14.8 Å². The van der Waals surface area contributed by atoms with Gasteiger partial charge in [0.15, 0.2) is 11.5 Å². The summed E-state index contributed by atoms with van der Waals surface area (Å²) < 4.78 is 106. The summed E-state index contributed by atoms with van der Waals surface area (Å²) in [5.74, 6) is -0.177. The van der Waals surface area contributed by atoms with E-state index in [1.54, 1.807) is 19.1 Å². The lowest BCUT2D eigenvalue weighted by atomic mass is 10.2. The van der Waals surface area contributed by atoms with Crippen molar-refractivity contribution in [3.63, 3.8) is 0 Å². The molecule has 0 radical (unpaired) electrons. The maximum Gasteiger partial charge on any atom is 0.416 e. The molecule has 4 rings (SSSR count). The van der Waals surface area contributed by atoms with Crippen LogP contribution in [0.4, 0.5) is 30.2 Å².